The van der Waals surface area contributed by atoms with E-state index in [1.54, 1.807) is 12.1 Å². The standard InChI is InChI=1S/C27H20Cl3N3O/c28-17-10-8-16(9-11-17)26-15-22(31-33(26)25-13-12-18(29)14-21(25)30)27(34)32-23-6-2-1-4-19(23)20-5-3-7-24(20)32/h1-2,4,6,8-14,26H,3,5,7,15H2. The van der Waals surface area contributed by atoms with Crippen molar-refractivity contribution in [3.05, 3.63) is 98.6 Å². The van der Waals surface area contributed by atoms with Crippen molar-refractivity contribution in [1.29, 1.82) is 0 Å². The lowest BCUT2D eigenvalue weighted by Crippen LogP contribution is -2.22. The number of rotatable bonds is 3. The number of hydrazone groups is 1. The highest BCUT2D eigenvalue weighted by Gasteiger charge is 2.36. The Hall–Kier alpha value is -2.79. The van der Waals surface area contributed by atoms with E-state index in [2.05, 4.69) is 6.07 Å². The summed E-state index contributed by atoms with van der Waals surface area (Å²) in [6, 6.07) is 20.9. The second-order valence-corrected chi connectivity index (χ2v) is 9.98. The van der Waals surface area contributed by atoms with Crippen LogP contribution in [0.5, 0.6) is 0 Å². The van der Waals surface area contributed by atoms with Gasteiger partial charge in [-0.3, -0.25) is 14.4 Å². The molecule has 3 aromatic carbocycles. The van der Waals surface area contributed by atoms with Gasteiger partial charge in [0.25, 0.3) is 5.91 Å². The molecule has 1 atom stereocenters. The zero-order valence-corrected chi connectivity index (χ0v) is 20.4. The molecule has 4 nitrogen and oxygen atoms in total. The third-order valence-electron chi connectivity index (χ3n) is 6.70. The van der Waals surface area contributed by atoms with E-state index in [-0.39, 0.29) is 11.9 Å². The molecule has 0 amide bonds. The first-order valence-corrected chi connectivity index (χ1v) is 12.4. The molecule has 0 fully saturated rings. The number of fused-ring (bicyclic) bond motifs is 3. The molecule has 4 aromatic rings. The molecule has 1 unspecified atom stereocenters. The maximum atomic E-state index is 14.0. The highest BCUT2D eigenvalue weighted by atomic mass is 35.5. The van der Waals surface area contributed by atoms with E-state index in [0.29, 0.717) is 32.9 Å². The summed E-state index contributed by atoms with van der Waals surface area (Å²) in [4.78, 5) is 14.0. The number of benzene rings is 3. The van der Waals surface area contributed by atoms with E-state index in [1.165, 1.54) is 5.56 Å². The molecule has 7 heteroatoms. The smallest absolute Gasteiger partial charge is 0.278 e. The van der Waals surface area contributed by atoms with Crippen molar-refractivity contribution in [2.75, 3.05) is 5.01 Å². The lowest BCUT2D eigenvalue weighted by molar-refractivity contribution is 0.0990. The van der Waals surface area contributed by atoms with Crippen molar-refractivity contribution in [1.82, 2.24) is 4.57 Å². The monoisotopic (exact) mass is 507 g/mol. The fourth-order valence-electron chi connectivity index (χ4n) is 5.17. The quantitative estimate of drug-likeness (QED) is 0.284. The molecule has 34 heavy (non-hydrogen) atoms. The number of para-hydroxylation sites is 1. The zero-order chi connectivity index (χ0) is 23.4. The second kappa shape index (κ2) is 8.46. The Balaban J connectivity index is 1.46. The third kappa shape index (κ3) is 3.52. The molecule has 1 aliphatic carbocycles. The first-order valence-electron chi connectivity index (χ1n) is 11.2. The van der Waals surface area contributed by atoms with Gasteiger partial charge in [-0.25, -0.2) is 0 Å². The zero-order valence-electron chi connectivity index (χ0n) is 18.1. The van der Waals surface area contributed by atoms with Crippen LogP contribution in [0.3, 0.4) is 0 Å². The molecular formula is C27H20Cl3N3O. The summed E-state index contributed by atoms with van der Waals surface area (Å²) >= 11 is 18.8. The van der Waals surface area contributed by atoms with Crippen molar-refractivity contribution in [2.24, 2.45) is 5.10 Å². The van der Waals surface area contributed by atoms with Crippen LogP contribution >= 0.6 is 34.8 Å². The van der Waals surface area contributed by atoms with Crippen LogP contribution in [0.2, 0.25) is 15.1 Å². The van der Waals surface area contributed by atoms with Gasteiger partial charge in [0.2, 0.25) is 0 Å². The Morgan fingerprint density at radius 3 is 2.47 bits per heavy atom. The third-order valence-corrected chi connectivity index (χ3v) is 7.49. The lowest BCUT2D eigenvalue weighted by atomic mass is 10.0. The predicted molar refractivity (Wildman–Crippen MR) is 140 cm³/mol. The highest BCUT2D eigenvalue weighted by molar-refractivity contribution is 6.42. The summed E-state index contributed by atoms with van der Waals surface area (Å²) in [5.74, 6) is -0.0779. The van der Waals surface area contributed by atoms with Gasteiger partial charge >= 0.3 is 0 Å². The van der Waals surface area contributed by atoms with Gasteiger partial charge in [-0.1, -0.05) is 65.1 Å². The van der Waals surface area contributed by atoms with E-state index < -0.39 is 0 Å². The van der Waals surface area contributed by atoms with E-state index >= 15 is 0 Å². The summed E-state index contributed by atoms with van der Waals surface area (Å²) < 4.78 is 1.88. The number of hydrogen-bond donors (Lipinski definition) is 0. The number of nitrogens with zero attached hydrogens (tertiary/aromatic N) is 3. The first kappa shape index (κ1) is 21.7. The summed E-state index contributed by atoms with van der Waals surface area (Å²) in [5, 5.41) is 9.52. The minimum atomic E-state index is -0.190. The summed E-state index contributed by atoms with van der Waals surface area (Å²) in [7, 11) is 0. The van der Waals surface area contributed by atoms with Crippen molar-refractivity contribution < 1.29 is 4.79 Å². The Bertz CT molecular complexity index is 1470. The van der Waals surface area contributed by atoms with Gasteiger partial charge in [-0.15, -0.1) is 0 Å². The van der Waals surface area contributed by atoms with Gasteiger partial charge in [0, 0.05) is 27.5 Å². The van der Waals surface area contributed by atoms with Gasteiger partial charge in [-0.2, -0.15) is 5.10 Å². The average Bonchev–Trinajstić information content (AvgIpc) is 3.54. The van der Waals surface area contributed by atoms with Crippen molar-refractivity contribution in [3.63, 3.8) is 0 Å². The van der Waals surface area contributed by atoms with Crippen molar-refractivity contribution in [3.8, 4) is 0 Å². The molecule has 0 radical (unpaired) electrons. The Labute approximate surface area is 212 Å². The molecular weight excluding hydrogens is 489 g/mol. The molecule has 0 saturated carbocycles. The lowest BCUT2D eigenvalue weighted by Gasteiger charge is -2.25. The van der Waals surface area contributed by atoms with Gasteiger partial charge in [-0.05, 0) is 66.8 Å². The molecule has 0 saturated heterocycles. The minimum Gasteiger partial charge on any atom is -0.279 e. The van der Waals surface area contributed by atoms with E-state index in [0.717, 1.165) is 41.4 Å². The maximum Gasteiger partial charge on any atom is 0.278 e. The molecule has 0 spiro atoms. The fourth-order valence-corrected chi connectivity index (χ4v) is 5.79. The largest absolute Gasteiger partial charge is 0.279 e. The van der Waals surface area contributed by atoms with Crippen LogP contribution in [-0.2, 0) is 12.8 Å². The number of anilines is 1. The summed E-state index contributed by atoms with van der Waals surface area (Å²) in [6.45, 7) is 0. The normalized spacial score (nSPS) is 17.3. The Morgan fingerprint density at radius 1 is 0.912 bits per heavy atom. The molecule has 1 aliphatic heterocycles. The van der Waals surface area contributed by atoms with E-state index in [9.17, 15) is 4.79 Å². The topological polar surface area (TPSA) is 37.6 Å². The first-order chi connectivity index (χ1) is 16.5. The van der Waals surface area contributed by atoms with Gasteiger partial charge in [0.05, 0.1) is 22.3 Å². The molecule has 2 heterocycles. The van der Waals surface area contributed by atoms with E-state index in [4.69, 9.17) is 39.9 Å². The maximum absolute atomic E-state index is 14.0. The van der Waals surface area contributed by atoms with E-state index in [1.807, 2.05) is 58.1 Å². The number of carbonyl (C=O) groups is 1. The fraction of sp³-hybridized carbons (Fsp3) is 0.185. The Morgan fingerprint density at radius 2 is 1.68 bits per heavy atom. The summed E-state index contributed by atoms with van der Waals surface area (Å²) in [6.07, 6.45) is 3.43. The van der Waals surface area contributed by atoms with Crippen LogP contribution in [-0.4, -0.2) is 16.2 Å². The molecule has 170 valence electrons. The highest BCUT2D eigenvalue weighted by Crippen LogP contribution is 2.41. The molecule has 0 bridgehead atoms. The summed E-state index contributed by atoms with van der Waals surface area (Å²) in [5.41, 5.74) is 5.56. The average molecular weight is 509 g/mol. The second-order valence-electron chi connectivity index (χ2n) is 8.69. The van der Waals surface area contributed by atoms with Crippen molar-refractivity contribution >= 4 is 63.0 Å². The predicted octanol–water partition coefficient (Wildman–Crippen LogP) is 7.74. The number of hydrogen-bond acceptors (Lipinski definition) is 3. The number of aromatic nitrogens is 1. The van der Waals surface area contributed by atoms with Crippen LogP contribution in [0.15, 0.2) is 71.8 Å². The van der Waals surface area contributed by atoms with Crippen LogP contribution in [0, 0.1) is 0 Å². The van der Waals surface area contributed by atoms with Crippen LogP contribution < -0.4 is 5.01 Å². The molecule has 1 aromatic heterocycles. The minimum absolute atomic E-state index is 0.0779. The van der Waals surface area contributed by atoms with Gasteiger partial charge in [0.15, 0.2) is 0 Å². The number of aryl methyl sites for hydroxylation is 1. The van der Waals surface area contributed by atoms with Gasteiger partial charge < -0.3 is 0 Å². The Kier molecular flexibility index (Phi) is 5.40. The number of carbonyl (C=O) groups excluding carboxylic acids is 1. The van der Waals surface area contributed by atoms with Crippen molar-refractivity contribution in [2.45, 2.75) is 31.7 Å². The van der Waals surface area contributed by atoms with Crippen LogP contribution in [0.1, 0.15) is 40.5 Å². The molecule has 2 aliphatic rings. The van der Waals surface area contributed by atoms with Crippen LogP contribution in [0.25, 0.3) is 10.9 Å². The SMILES string of the molecule is O=C(C1=NN(c2ccc(Cl)cc2Cl)C(c2ccc(Cl)cc2)C1)n1c2c(c3ccccc31)CCC2. The molecule has 6 rings (SSSR count). The number of halogens is 3. The van der Waals surface area contributed by atoms with Gasteiger partial charge in [0.1, 0.15) is 5.71 Å². The van der Waals surface area contributed by atoms with Crippen LogP contribution in [0.4, 0.5) is 5.69 Å². The molecule has 0 N–H and O–H groups in total.